The molecule has 3 aromatic rings. The number of thiophene rings is 1. The molecule has 0 saturated carbocycles. The SMILES string of the molecule is COc1ccc(CC(=O)Nc2sccc2-c2noc(C)n2)cc1. The normalized spacial score (nSPS) is 10.5. The summed E-state index contributed by atoms with van der Waals surface area (Å²) >= 11 is 1.42. The Morgan fingerprint density at radius 2 is 2.09 bits per heavy atom. The van der Waals surface area contributed by atoms with Crippen molar-refractivity contribution in [2.24, 2.45) is 0 Å². The first-order valence-electron chi connectivity index (χ1n) is 6.96. The maximum absolute atomic E-state index is 12.2. The zero-order valence-electron chi connectivity index (χ0n) is 12.7. The molecule has 1 aromatic carbocycles. The summed E-state index contributed by atoms with van der Waals surface area (Å²) in [6.45, 7) is 1.73. The number of anilines is 1. The maximum atomic E-state index is 12.2. The number of hydrogen-bond acceptors (Lipinski definition) is 6. The van der Waals surface area contributed by atoms with Crippen LogP contribution in [0.2, 0.25) is 0 Å². The summed E-state index contributed by atoms with van der Waals surface area (Å²) in [5.41, 5.74) is 1.67. The summed E-state index contributed by atoms with van der Waals surface area (Å²) in [4.78, 5) is 16.4. The molecule has 0 atom stereocenters. The Morgan fingerprint density at radius 1 is 1.30 bits per heavy atom. The third kappa shape index (κ3) is 3.57. The number of amides is 1. The van der Waals surface area contributed by atoms with Crippen molar-refractivity contribution in [3.63, 3.8) is 0 Å². The second-order valence-corrected chi connectivity index (χ2v) is 5.79. The summed E-state index contributed by atoms with van der Waals surface area (Å²) in [5, 5.41) is 9.38. The summed E-state index contributed by atoms with van der Waals surface area (Å²) in [6.07, 6.45) is 0.284. The standard InChI is InChI=1S/C16H15N3O3S/c1-10-17-15(19-22-10)13-7-8-23-16(13)18-14(20)9-11-3-5-12(21-2)6-4-11/h3-8H,9H2,1-2H3,(H,18,20). The van der Waals surface area contributed by atoms with Gasteiger partial charge in [-0.2, -0.15) is 4.98 Å². The molecule has 0 aliphatic heterocycles. The Bertz CT molecular complexity index is 808. The molecule has 0 unspecified atom stereocenters. The maximum Gasteiger partial charge on any atom is 0.229 e. The molecule has 0 radical (unpaired) electrons. The van der Waals surface area contributed by atoms with Crippen LogP contribution in [0.5, 0.6) is 5.75 Å². The van der Waals surface area contributed by atoms with Gasteiger partial charge in [-0.3, -0.25) is 4.79 Å². The fourth-order valence-corrected chi connectivity index (χ4v) is 2.89. The Morgan fingerprint density at radius 3 is 2.74 bits per heavy atom. The van der Waals surface area contributed by atoms with E-state index in [1.165, 1.54) is 11.3 Å². The van der Waals surface area contributed by atoms with Crippen molar-refractivity contribution < 1.29 is 14.1 Å². The van der Waals surface area contributed by atoms with E-state index in [1.54, 1.807) is 14.0 Å². The molecule has 118 valence electrons. The topological polar surface area (TPSA) is 77.2 Å². The van der Waals surface area contributed by atoms with Crippen LogP contribution in [0, 0.1) is 6.92 Å². The summed E-state index contributed by atoms with van der Waals surface area (Å²) in [5.74, 6) is 1.63. The van der Waals surface area contributed by atoms with Crippen LogP contribution in [0.4, 0.5) is 5.00 Å². The van der Waals surface area contributed by atoms with Gasteiger partial charge >= 0.3 is 0 Å². The Balaban J connectivity index is 1.69. The minimum Gasteiger partial charge on any atom is -0.497 e. The molecule has 0 fully saturated rings. The van der Waals surface area contributed by atoms with Gasteiger partial charge in [0.25, 0.3) is 0 Å². The number of nitrogens with one attached hydrogen (secondary N) is 1. The zero-order chi connectivity index (χ0) is 16.2. The summed E-state index contributed by atoms with van der Waals surface area (Å²) < 4.78 is 10.1. The van der Waals surface area contributed by atoms with Crippen molar-refractivity contribution in [3.8, 4) is 17.1 Å². The van der Waals surface area contributed by atoms with Crippen molar-refractivity contribution in [2.75, 3.05) is 12.4 Å². The summed E-state index contributed by atoms with van der Waals surface area (Å²) in [6, 6.07) is 9.27. The molecule has 2 heterocycles. The van der Waals surface area contributed by atoms with Crippen molar-refractivity contribution >= 4 is 22.2 Å². The second-order valence-electron chi connectivity index (χ2n) is 4.87. The van der Waals surface area contributed by atoms with Crippen LogP contribution < -0.4 is 10.1 Å². The molecule has 2 aromatic heterocycles. The summed E-state index contributed by atoms with van der Waals surface area (Å²) in [7, 11) is 1.61. The average molecular weight is 329 g/mol. The molecule has 0 aliphatic rings. The Kier molecular flexibility index (Phi) is 4.38. The number of aromatic nitrogens is 2. The molecule has 0 aliphatic carbocycles. The van der Waals surface area contributed by atoms with Crippen molar-refractivity contribution in [1.82, 2.24) is 10.1 Å². The van der Waals surface area contributed by atoms with Crippen LogP contribution in [0.15, 0.2) is 40.2 Å². The van der Waals surface area contributed by atoms with Gasteiger partial charge in [0.1, 0.15) is 10.8 Å². The number of aryl methyl sites for hydroxylation is 1. The molecule has 0 saturated heterocycles. The third-order valence-corrected chi connectivity index (χ3v) is 4.04. The number of methoxy groups -OCH3 is 1. The number of hydrogen-bond donors (Lipinski definition) is 1. The number of carbonyl (C=O) groups is 1. The van der Waals surface area contributed by atoms with Crippen molar-refractivity contribution in [3.05, 3.63) is 47.2 Å². The predicted molar refractivity (Wildman–Crippen MR) is 87.7 cm³/mol. The van der Waals surface area contributed by atoms with Crippen molar-refractivity contribution in [1.29, 1.82) is 0 Å². The fourth-order valence-electron chi connectivity index (χ4n) is 2.09. The molecule has 1 amide bonds. The molecule has 0 bridgehead atoms. The molecule has 7 heteroatoms. The molecular formula is C16H15N3O3S. The van der Waals surface area contributed by atoms with Gasteiger partial charge in [0.05, 0.1) is 19.1 Å². The van der Waals surface area contributed by atoms with Gasteiger partial charge in [0.15, 0.2) is 0 Å². The minimum atomic E-state index is -0.0981. The first kappa shape index (κ1) is 15.2. The van der Waals surface area contributed by atoms with Gasteiger partial charge in [-0.05, 0) is 29.1 Å². The molecule has 6 nitrogen and oxygen atoms in total. The largest absolute Gasteiger partial charge is 0.497 e. The van der Waals surface area contributed by atoms with E-state index in [4.69, 9.17) is 9.26 Å². The molecular weight excluding hydrogens is 314 g/mol. The first-order valence-corrected chi connectivity index (χ1v) is 7.84. The average Bonchev–Trinajstić information content (AvgIpc) is 3.16. The second kappa shape index (κ2) is 6.62. The van der Waals surface area contributed by atoms with E-state index in [-0.39, 0.29) is 12.3 Å². The van der Waals surface area contributed by atoms with Crippen LogP contribution >= 0.6 is 11.3 Å². The fraction of sp³-hybridized carbons (Fsp3) is 0.188. The molecule has 3 rings (SSSR count). The highest BCUT2D eigenvalue weighted by Gasteiger charge is 2.14. The highest BCUT2D eigenvalue weighted by atomic mass is 32.1. The Hall–Kier alpha value is -2.67. The quantitative estimate of drug-likeness (QED) is 0.777. The van der Waals surface area contributed by atoms with Crippen LogP contribution in [0.1, 0.15) is 11.5 Å². The lowest BCUT2D eigenvalue weighted by molar-refractivity contribution is -0.115. The predicted octanol–water partition coefficient (Wildman–Crippen LogP) is 3.30. The number of carbonyl (C=O) groups excluding carboxylic acids is 1. The minimum absolute atomic E-state index is 0.0981. The lowest BCUT2D eigenvalue weighted by atomic mass is 10.1. The van der Waals surface area contributed by atoms with Gasteiger partial charge in [-0.25, -0.2) is 0 Å². The monoisotopic (exact) mass is 329 g/mol. The van der Waals surface area contributed by atoms with Gasteiger partial charge in [0.2, 0.25) is 17.6 Å². The first-order chi connectivity index (χ1) is 11.2. The van der Waals surface area contributed by atoms with Gasteiger partial charge in [0, 0.05) is 6.92 Å². The van der Waals surface area contributed by atoms with E-state index in [9.17, 15) is 4.79 Å². The van der Waals surface area contributed by atoms with Gasteiger partial charge in [-0.15, -0.1) is 11.3 Å². The van der Waals surface area contributed by atoms with E-state index in [0.29, 0.717) is 16.7 Å². The lowest BCUT2D eigenvalue weighted by Crippen LogP contribution is -2.14. The van der Waals surface area contributed by atoms with Crippen LogP contribution in [-0.2, 0) is 11.2 Å². The van der Waals surface area contributed by atoms with Gasteiger partial charge in [-0.1, -0.05) is 17.3 Å². The molecule has 1 N–H and O–H groups in total. The number of ether oxygens (including phenoxy) is 1. The number of rotatable bonds is 5. The molecule has 23 heavy (non-hydrogen) atoms. The van der Waals surface area contributed by atoms with Crippen molar-refractivity contribution in [2.45, 2.75) is 13.3 Å². The van der Waals surface area contributed by atoms with E-state index >= 15 is 0 Å². The zero-order valence-corrected chi connectivity index (χ0v) is 13.5. The van der Waals surface area contributed by atoms with E-state index < -0.39 is 0 Å². The smallest absolute Gasteiger partial charge is 0.229 e. The van der Waals surface area contributed by atoms with Crippen LogP contribution in [0.25, 0.3) is 11.4 Å². The number of nitrogens with zero attached hydrogens (tertiary/aromatic N) is 2. The Labute approximate surface area is 137 Å². The van der Waals surface area contributed by atoms with E-state index in [0.717, 1.165) is 16.9 Å². The van der Waals surface area contributed by atoms with E-state index in [2.05, 4.69) is 15.5 Å². The highest BCUT2D eigenvalue weighted by molar-refractivity contribution is 7.15. The van der Waals surface area contributed by atoms with E-state index in [1.807, 2.05) is 35.7 Å². The third-order valence-electron chi connectivity index (χ3n) is 3.21. The number of benzene rings is 1. The van der Waals surface area contributed by atoms with Gasteiger partial charge < -0.3 is 14.6 Å². The van der Waals surface area contributed by atoms with Crippen LogP contribution in [-0.4, -0.2) is 23.2 Å². The van der Waals surface area contributed by atoms with Crippen LogP contribution in [0.3, 0.4) is 0 Å². The highest BCUT2D eigenvalue weighted by Crippen LogP contribution is 2.31. The lowest BCUT2D eigenvalue weighted by Gasteiger charge is -2.05. The molecule has 0 spiro atoms.